The number of unbranched alkanes of at least 4 members (excludes halogenated alkanes) is 29. The van der Waals surface area contributed by atoms with Gasteiger partial charge in [-0.3, -0.25) is 14.4 Å². The maximum absolute atomic E-state index is 12.8. The van der Waals surface area contributed by atoms with Gasteiger partial charge in [-0.25, -0.2) is 0 Å². The van der Waals surface area contributed by atoms with Gasteiger partial charge in [0.15, 0.2) is 6.10 Å². The first kappa shape index (κ1) is 64.8. The maximum Gasteiger partial charge on any atom is 0.306 e. The molecular formula is C62H108O6. The van der Waals surface area contributed by atoms with Gasteiger partial charge in [0.2, 0.25) is 0 Å². The molecule has 0 heterocycles. The van der Waals surface area contributed by atoms with Crippen molar-refractivity contribution in [1.29, 1.82) is 0 Å². The molecule has 0 saturated carbocycles. The first-order valence-electron chi connectivity index (χ1n) is 28.9. The lowest BCUT2D eigenvalue weighted by Gasteiger charge is -2.18. The van der Waals surface area contributed by atoms with Crippen LogP contribution in [0.1, 0.15) is 284 Å². The van der Waals surface area contributed by atoms with Gasteiger partial charge in [0.05, 0.1) is 0 Å². The second-order valence-electron chi connectivity index (χ2n) is 19.2. The molecule has 0 aliphatic carbocycles. The van der Waals surface area contributed by atoms with Gasteiger partial charge in [0.25, 0.3) is 0 Å². The van der Waals surface area contributed by atoms with Crippen LogP contribution in [0.3, 0.4) is 0 Å². The molecule has 6 heteroatoms. The lowest BCUT2D eigenvalue weighted by atomic mass is 10.1. The average molecular weight is 950 g/mol. The molecule has 68 heavy (non-hydrogen) atoms. The molecule has 0 bridgehead atoms. The molecule has 0 aromatic carbocycles. The molecule has 0 rings (SSSR count). The Hall–Kier alpha value is -3.15. The Labute approximate surface area is 421 Å². The predicted octanol–water partition coefficient (Wildman–Crippen LogP) is 19.4. The van der Waals surface area contributed by atoms with Crippen molar-refractivity contribution >= 4 is 17.9 Å². The summed E-state index contributed by atoms with van der Waals surface area (Å²) in [7, 11) is 0. The van der Waals surface area contributed by atoms with Crippen molar-refractivity contribution < 1.29 is 28.6 Å². The Morgan fingerprint density at radius 3 is 0.853 bits per heavy atom. The van der Waals surface area contributed by atoms with Gasteiger partial charge in [-0.1, -0.05) is 241 Å². The minimum absolute atomic E-state index is 0.0817. The standard InChI is InChI=1S/C62H108O6/c1-4-7-10-13-16-18-20-22-24-26-28-29-30-31-32-33-35-36-38-40-42-44-46-49-52-55-61(64)67-58-59(57-66-60(63)54-51-48-15-12-9-6-3)68-62(65)56-53-50-47-45-43-41-39-37-34-27-25-23-21-19-17-14-11-8-5-2/h17,19-20,22-23,25-26,28,30-31,34,37,59H,4-16,18,21,24,27,29,32-33,35-36,38-58H2,1-3H3/b19-17-,22-20-,25-23-,28-26-,31-30-,37-34-. The smallest absolute Gasteiger partial charge is 0.306 e. The van der Waals surface area contributed by atoms with Crippen LogP contribution in [0.25, 0.3) is 0 Å². The van der Waals surface area contributed by atoms with Crippen LogP contribution in [0.15, 0.2) is 72.9 Å². The van der Waals surface area contributed by atoms with Crippen molar-refractivity contribution in [3.8, 4) is 0 Å². The van der Waals surface area contributed by atoms with E-state index in [1.165, 1.54) is 148 Å². The Morgan fingerprint density at radius 1 is 0.294 bits per heavy atom. The highest BCUT2D eigenvalue weighted by Crippen LogP contribution is 2.15. The van der Waals surface area contributed by atoms with Crippen LogP contribution in [0.4, 0.5) is 0 Å². The van der Waals surface area contributed by atoms with Gasteiger partial charge in [-0.2, -0.15) is 0 Å². The Bertz CT molecular complexity index is 1270. The highest BCUT2D eigenvalue weighted by Gasteiger charge is 2.19. The van der Waals surface area contributed by atoms with Gasteiger partial charge in [0, 0.05) is 19.3 Å². The number of rotatable bonds is 52. The largest absolute Gasteiger partial charge is 0.462 e. The minimum atomic E-state index is -0.781. The van der Waals surface area contributed by atoms with Gasteiger partial charge in [-0.05, 0) is 96.3 Å². The SMILES string of the molecule is CCCCC/C=C\C/C=C\C/C=C\CCCCCCCCC(=O)OC(COC(=O)CCCCCCCC)COC(=O)CCCCCCCCCCCC/C=C\C/C=C\C/C=C\CCCCCCC. The first-order valence-corrected chi connectivity index (χ1v) is 28.9. The van der Waals surface area contributed by atoms with E-state index >= 15 is 0 Å². The molecule has 1 unspecified atom stereocenters. The highest BCUT2D eigenvalue weighted by molar-refractivity contribution is 5.71. The van der Waals surface area contributed by atoms with Crippen molar-refractivity contribution in [2.45, 2.75) is 290 Å². The summed E-state index contributed by atoms with van der Waals surface area (Å²) in [5, 5.41) is 0. The highest BCUT2D eigenvalue weighted by atomic mass is 16.6. The molecule has 0 amide bonds. The molecule has 0 spiro atoms. The van der Waals surface area contributed by atoms with Crippen molar-refractivity contribution in [2.24, 2.45) is 0 Å². The first-order chi connectivity index (χ1) is 33.5. The summed E-state index contributed by atoms with van der Waals surface area (Å²) in [5.74, 6) is -0.902. The summed E-state index contributed by atoms with van der Waals surface area (Å²) in [6.07, 6.45) is 72.1. The molecule has 0 aliphatic heterocycles. The van der Waals surface area contributed by atoms with Crippen molar-refractivity contribution in [3.63, 3.8) is 0 Å². The van der Waals surface area contributed by atoms with E-state index in [1.54, 1.807) is 0 Å². The van der Waals surface area contributed by atoms with Crippen LogP contribution in [-0.2, 0) is 28.6 Å². The Kier molecular flexibility index (Phi) is 53.8. The predicted molar refractivity (Wildman–Crippen MR) is 293 cm³/mol. The second kappa shape index (κ2) is 56.4. The number of hydrogen-bond donors (Lipinski definition) is 0. The molecule has 0 aromatic heterocycles. The number of hydrogen-bond acceptors (Lipinski definition) is 6. The molecule has 6 nitrogen and oxygen atoms in total. The van der Waals surface area contributed by atoms with E-state index in [2.05, 4.69) is 93.7 Å². The third-order valence-electron chi connectivity index (χ3n) is 12.4. The molecule has 1 atom stereocenters. The molecule has 392 valence electrons. The number of carbonyl (C=O) groups excluding carboxylic acids is 3. The zero-order chi connectivity index (χ0) is 49.3. The lowest BCUT2D eigenvalue weighted by molar-refractivity contribution is -0.167. The summed E-state index contributed by atoms with van der Waals surface area (Å²) >= 11 is 0. The second-order valence-corrected chi connectivity index (χ2v) is 19.2. The summed E-state index contributed by atoms with van der Waals surface area (Å²) in [6, 6.07) is 0. The number of ether oxygens (including phenoxy) is 3. The Morgan fingerprint density at radius 2 is 0.529 bits per heavy atom. The zero-order valence-corrected chi connectivity index (χ0v) is 44.9. The van der Waals surface area contributed by atoms with Crippen LogP contribution in [-0.4, -0.2) is 37.2 Å². The summed E-state index contributed by atoms with van der Waals surface area (Å²) in [6.45, 7) is 6.54. The van der Waals surface area contributed by atoms with Crippen LogP contribution in [0.2, 0.25) is 0 Å². The summed E-state index contributed by atoms with van der Waals surface area (Å²) in [4.78, 5) is 37.9. The normalized spacial score (nSPS) is 12.6. The molecule has 0 N–H and O–H groups in total. The molecule has 0 fully saturated rings. The van der Waals surface area contributed by atoms with E-state index in [0.717, 1.165) is 96.3 Å². The number of allylic oxidation sites excluding steroid dienone is 12. The zero-order valence-electron chi connectivity index (χ0n) is 44.9. The van der Waals surface area contributed by atoms with Gasteiger partial charge >= 0.3 is 17.9 Å². The average Bonchev–Trinajstić information content (AvgIpc) is 3.34. The minimum Gasteiger partial charge on any atom is -0.462 e. The van der Waals surface area contributed by atoms with Crippen LogP contribution >= 0.6 is 0 Å². The summed E-state index contributed by atoms with van der Waals surface area (Å²) in [5.41, 5.74) is 0. The number of carbonyl (C=O) groups is 3. The van der Waals surface area contributed by atoms with Crippen LogP contribution in [0, 0.1) is 0 Å². The monoisotopic (exact) mass is 949 g/mol. The van der Waals surface area contributed by atoms with Gasteiger partial charge < -0.3 is 14.2 Å². The lowest BCUT2D eigenvalue weighted by Crippen LogP contribution is -2.30. The van der Waals surface area contributed by atoms with E-state index in [9.17, 15) is 14.4 Å². The molecule has 0 aliphatic rings. The fourth-order valence-corrected chi connectivity index (χ4v) is 8.04. The fraction of sp³-hybridized carbons (Fsp3) is 0.758. The molecule has 0 radical (unpaired) electrons. The third kappa shape index (κ3) is 53.8. The van der Waals surface area contributed by atoms with Crippen LogP contribution < -0.4 is 0 Å². The van der Waals surface area contributed by atoms with Crippen molar-refractivity contribution in [2.75, 3.05) is 13.2 Å². The van der Waals surface area contributed by atoms with Gasteiger partial charge in [0.1, 0.15) is 13.2 Å². The van der Waals surface area contributed by atoms with E-state index in [4.69, 9.17) is 14.2 Å². The summed E-state index contributed by atoms with van der Waals surface area (Å²) < 4.78 is 16.7. The van der Waals surface area contributed by atoms with E-state index in [0.29, 0.717) is 19.3 Å². The quantitative estimate of drug-likeness (QED) is 0.0262. The topological polar surface area (TPSA) is 78.9 Å². The van der Waals surface area contributed by atoms with E-state index in [-0.39, 0.29) is 31.1 Å². The molecule has 0 saturated heterocycles. The number of esters is 3. The Balaban J connectivity index is 4.16. The third-order valence-corrected chi connectivity index (χ3v) is 12.4. The molecular weight excluding hydrogens is 841 g/mol. The fourth-order valence-electron chi connectivity index (χ4n) is 8.04. The van der Waals surface area contributed by atoms with Crippen molar-refractivity contribution in [1.82, 2.24) is 0 Å². The van der Waals surface area contributed by atoms with Crippen LogP contribution in [0.5, 0.6) is 0 Å². The van der Waals surface area contributed by atoms with E-state index in [1.807, 2.05) is 0 Å². The molecule has 0 aromatic rings. The van der Waals surface area contributed by atoms with E-state index < -0.39 is 6.10 Å². The van der Waals surface area contributed by atoms with Gasteiger partial charge in [-0.15, -0.1) is 0 Å². The maximum atomic E-state index is 12.8. The van der Waals surface area contributed by atoms with Crippen molar-refractivity contribution in [3.05, 3.63) is 72.9 Å².